The molecule has 2 heterocycles. The number of nitrogens with zero attached hydrogens (tertiary/aromatic N) is 1. The van der Waals surface area contributed by atoms with Crippen LogP contribution in [0, 0.1) is 5.92 Å². The number of hydrogen-bond acceptors (Lipinski definition) is 2. The lowest BCUT2D eigenvalue weighted by atomic mass is 10.0. The molecule has 80 valence electrons. The maximum absolute atomic E-state index is 11.9. The van der Waals surface area contributed by atoms with Crippen molar-refractivity contribution in [3.8, 4) is 0 Å². The van der Waals surface area contributed by atoms with Crippen LogP contribution in [0.3, 0.4) is 0 Å². The van der Waals surface area contributed by atoms with Crippen molar-refractivity contribution < 1.29 is 4.79 Å². The maximum atomic E-state index is 11.9. The van der Waals surface area contributed by atoms with Gasteiger partial charge in [0.1, 0.15) is 0 Å². The Labute approximate surface area is 93.9 Å². The molecule has 1 aromatic rings. The maximum Gasteiger partial charge on any atom is 0.225 e. The van der Waals surface area contributed by atoms with Gasteiger partial charge in [0.15, 0.2) is 0 Å². The largest absolute Gasteiger partial charge is 0.342 e. The van der Waals surface area contributed by atoms with Gasteiger partial charge in [-0.05, 0) is 41.7 Å². The van der Waals surface area contributed by atoms with E-state index in [9.17, 15) is 4.79 Å². The third-order valence-corrected chi connectivity index (χ3v) is 4.14. The molecule has 0 radical (unpaired) electrons. The summed E-state index contributed by atoms with van der Waals surface area (Å²) in [6.45, 7) is 1.92. The minimum absolute atomic E-state index is 0.381. The van der Waals surface area contributed by atoms with Crippen molar-refractivity contribution in [2.75, 3.05) is 13.1 Å². The van der Waals surface area contributed by atoms with Gasteiger partial charge in [-0.1, -0.05) is 0 Å². The predicted octanol–water partition coefficient (Wildman–Crippen LogP) is 2.47. The van der Waals surface area contributed by atoms with E-state index < -0.39 is 0 Å². The van der Waals surface area contributed by atoms with E-state index in [1.165, 1.54) is 5.56 Å². The summed E-state index contributed by atoms with van der Waals surface area (Å²) in [4.78, 5) is 13.9. The molecule has 2 nitrogen and oxygen atoms in total. The van der Waals surface area contributed by atoms with Crippen LogP contribution in [-0.2, 0) is 4.79 Å². The van der Waals surface area contributed by atoms with Crippen LogP contribution in [0.15, 0.2) is 16.8 Å². The van der Waals surface area contributed by atoms with Crippen LogP contribution in [0.2, 0.25) is 0 Å². The van der Waals surface area contributed by atoms with Crippen molar-refractivity contribution in [3.05, 3.63) is 22.4 Å². The Hall–Kier alpha value is -0.830. The Bertz CT molecular complexity index is 356. The summed E-state index contributed by atoms with van der Waals surface area (Å²) in [6.07, 6.45) is 3.39. The van der Waals surface area contributed by atoms with Crippen LogP contribution in [0.5, 0.6) is 0 Å². The fourth-order valence-corrected chi connectivity index (χ4v) is 3.07. The Morgan fingerprint density at radius 3 is 2.93 bits per heavy atom. The molecule has 2 aliphatic rings. The zero-order valence-electron chi connectivity index (χ0n) is 8.69. The lowest BCUT2D eigenvalue weighted by Crippen LogP contribution is -2.29. The zero-order valence-corrected chi connectivity index (χ0v) is 9.50. The van der Waals surface area contributed by atoms with Crippen LogP contribution in [0.1, 0.15) is 30.7 Å². The smallest absolute Gasteiger partial charge is 0.225 e. The fraction of sp³-hybridized carbons (Fsp3) is 0.583. The van der Waals surface area contributed by atoms with Gasteiger partial charge in [-0.3, -0.25) is 4.79 Å². The summed E-state index contributed by atoms with van der Waals surface area (Å²) in [7, 11) is 0. The average molecular weight is 221 g/mol. The molecule has 1 saturated carbocycles. The lowest BCUT2D eigenvalue weighted by Gasteiger charge is -2.15. The van der Waals surface area contributed by atoms with Crippen molar-refractivity contribution in [2.24, 2.45) is 5.92 Å². The molecule has 3 heteroatoms. The van der Waals surface area contributed by atoms with Crippen molar-refractivity contribution in [2.45, 2.75) is 25.2 Å². The van der Waals surface area contributed by atoms with Gasteiger partial charge in [0, 0.05) is 24.9 Å². The Balaban J connectivity index is 1.65. The quantitative estimate of drug-likeness (QED) is 0.751. The molecule has 1 amide bonds. The second-order valence-electron chi connectivity index (χ2n) is 4.60. The van der Waals surface area contributed by atoms with Crippen LogP contribution < -0.4 is 0 Å². The number of likely N-dealkylation sites (tertiary alicyclic amines) is 1. The molecule has 0 bridgehead atoms. The highest BCUT2D eigenvalue weighted by Gasteiger charge is 2.36. The third kappa shape index (κ3) is 1.81. The van der Waals surface area contributed by atoms with Gasteiger partial charge in [0.25, 0.3) is 0 Å². The first-order valence-electron chi connectivity index (χ1n) is 5.65. The molecule has 1 unspecified atom stereocenters. The van der Waals surface area contributed by atoms with Gasteiger partial charge >= 0.3 is 0 Å². The molecule has 1 saturated heterocycles. The molecule has 1 atom stereocenters. The lowest BCUT2D eigenvalue weighted by molar-refractivity contribution is -0.131. The Morgan fingerprint density at radius 2 is 2.27 bits per heavy atom. The molecule has 2 fully saturated rings. The molecular weight excluding hydrogens is 206 g/mol. The number of amides is 1. The van der Waals surface area contributed by atoms with E-state index >= 15 is 0 Å². The van der Waals surface area contributed by atoms with E-state index in [2.05, 4.69) is 21.7 Å². The molecular formula is C12H15NOS. The molecule has 1 aliphatic carbocycles. The minimum Gasteiger partial charge on any atom is -0.342 e. The van der Waals surface area contributed by atoms with E-state index in [-0.39, 0.29) is 0 Å². The highest BCUT2D eigenvalue weighted by Crippen LogP contribution is 2.35. The monoisotopic (exact) mass is 221 g/mol. The van der Waals surface area contributed by atoms with Crippen LogP contribution >= 0.6 is 11.3 Å². The van der Waals surface area contributed by atoms with E-state index in [1.54, 1.807) is 11.3 Å². The second kappa shape index (κ2) is 3.63. The summed E-state index contributed by atoms with van der Waals surface area (Å²) < 4.78 is 0. The van der Waals surface area contributed by atoms with E-state index in [4.69, 9.17) is 0 Å². The highest BCUT2D eigenvalue weighted by atomic mass is 32.1. The van der Waals surface area contributed by atoms with Crippen LogP contribution in [0.25, 0.3) is 0 Å². The topological polar surface area (TPSA) is 20.3 Å². The second-order valence-corrected chi connectivity index (χ2v) is 5.38. The summed E-state index contributed by atoms with van der Waals surface area (Å²) in [6, 6.07) is 2.19. The summed E-state index contributed by atoms with van der Waals surface area (Å²) in [5.41, 5.74) is 1.42. The van der Waals surface area contributed by atoms with Gasteiger partial charge in [-0.15, -0.1) is 0 Å². The third-order valence-electron chi connectivity index (χ3n) is 3.44. The van der Waals surface area contributed by atoms with Gasteiger partial charge in [-0.2, -0.15) is 11.3 Å². The first-order valence-corrected chi connectivity index (χ1v) is 6.60. The highest BCUT2D eigenvalue weighted by molar-refractivity contribution is 7.07. The number of hydrogen-bond donors (Lipinski definition) is 0. The number of carbonyl (C=O) groups is 1. The van der Waals surface area contributed by atoms with Gasteiger partial charge in [-0.25, -0.2) is 0 Å². The average Bonchev–Trinajstić information content (AvgIpc) is 2.80. The molecule has 0 aromatic carbocycles. The fourth-order valence-electron chi connectivity index (χ4n) is 2.33. The minimum atomic E-state index is 0.381. The van der Waals surface area contributed by atoms with Crippen molar-refractivity contribution in [1.82, 2.24) is 4.90 Å². The first kappa shape index (κ1) is 9.40. The van der Waals surface area contributed by atoms with Crippen molar-refractivity contribution >= 4 is 17.2 Å². The van der Waals surface area contributed by atoms with Crippen molar-refractivity contribution in [1.29, 1.82) is 0 Å². The summed E-state index contributed by atoms with van der Waals surface area (Å²) in [5.74, 6) is 1.39. The summed E-state index contributed by atoms with van der Waals surface area (Å²) in [5, 5.41) is 4.34. The molecule has 0 N–H and O–H groups in total. The van der Waals surface area contributed by atoms with Gasteiger partial charge in [0.05, 0.1) is 0 Å². The van der Waals surface area contributed by atoms with Crippen molar-refractivity contribution in [3.63, 3.8) is 0 Å². The molecule has 1 aliphatic heterocycles. The number of thiophene rings is 1. The number of rotatable bonds is 2. The summed E-state index contributed by atoms with van der Waals surface area (Å²) >= 11 is 1.75. The predicted molar refractivity (Wildman–Crippen MR) is 61.0 cm³/mol. The van der Waals surface area contributed by atoms with Gasteiger partial charge in [0.2, 0.25) is 5.91 Å². The van der Waals surface area contributed by atoms with E-state index in [1.807, 2.05) is 0 Å². The van der Waals surface area contributed by atoms with Gasteiger partial charge < -0.3 is 4.90 Å². The normalized spacial score (nSPS) is 25.9. The van der Waals surface area contributed by atoms with Crippen LogP contribution in [0.4, 0.5) is 0 Å². The molecule has 3 rings (SSSR count). The number of carbonyl (C=O) groups excluding carboxylic acids is 1. The molecule has 15 heavy (non-hydrogen) atoms. The molecule has 1 aromatic heterocycles. The van der Waals surface area contributed by atoms with E-state index in [0.717, 1.165) is 32.4 Å². The first-order chi connectivity index (χ1) is 7.34. The Kier molecular flexibility index (Phi) is 2.28. The standard InChI is InChI=1S/C12H15NOS/c14-12(9-1-2-9)13-5-3-10(7-13)11-4-6-15-8-11/h4,6,8-10H,1-3,5,7H2. The zero-order chi connectivity index (χ0) is 10.3. The van der Waals surface area contributed by atoms with Crippen LogP contribution in [-0.4, -0.2) is 23.9 Å². The van der Waals surface area contributed by atoms with E-state index in [0.29, 0.717) is 17.7 Å². The SMILES string of the molecule is O=C(C1CC1)N1CCC(c2ccsc2)C1. The Morgan fingerprint density at radius 1 is 1.40 bits per heavy atom. The molecule has 0 spiro atoms.